The van der Waals surface area contributed by atoms with E-state index in [1.165, 1.54) is 0 Å². The summed E-state index contributed by atoms with van der Waals surface area (Å²) in [6.07, 6.45) is 0. The maximum absolute atomic E-state index is 14.5. The van der Waals surface area contributed by atoms with Crippen LogP contribution in [0.3, 0.4) is 0 Å². The van der Waals surface area contributed by atoms with Gasteiger partial charge in [-0.3, -0.25) is 9.24 Å². The van der Waals surface area contributed by atoms with Gasteiger partial charge in [-0.05, 0) is 73.1 Å². The summed E-state index contributed by atoms with van der Waals surface area (Å²) in [5.41, 5.74) is 2.07. The molecule has 1 unspecified atom stereocenters. The Hall–Kier alpha value is -2.06. The van der Waals surface area contributed by atoms with Gasteiger partial charge in [-0.1, -0.05) is 29.5 Å². The van der Waals surface area contributed by atoms with Crippen LogP contribution in [0.1, 0.15) is 67.2 Å². The van der Waals surface area contributed by atoms with Gasteiger partial charge in [-0.15, -0.1) is 11.3 Å². The predicted octanol–water partition coefficient (Wildman–Crippen LogP) is 6.23. The number of aryl methyl sites for hydroxylation is 2. The summed E-state index contributed by atoms with van der Waals surface area (Å²) in [7, 11) is -3.59. The molecule has 0 saturated carbocycles. The average molecular weight is 462 g/mol. The van der Waals surface area contributed by atoms with Crippen molar-refractivity contribution in [3.8, 4) is 11.8 Å². The molecule has 1 atom stereocenters. The normalized spacial score (nSPS) is 13.5. The molecule has 0 spiro atoms. The van der Waals surface area contributed by atoms with E-state index < -0.39 is 13.5 Å². The number of hydrogen-bond donors (Lipinski definition) is 1. The highest BCUT2D eigenvalue weighted by Crippen LogP contribution is 2.55. The van der Waals surface area contributed by atoms with Crippen LogP contribution < -0.4 is 9.97 Å². The molecule has 2 rings (SSSR count). The first-order chi connectivity index (χ1) is 14.3. The molecule has 7 heteroatoms. The second-order valence-electron chi connectivity index (χ2n) is 8.80. The molecule has 2 aromatic rings. The molecule has 0 aliphatic heterocycles. The lowest BCUT2D eigenvalue weighted by Crippen LogP contribution is -2.34. The third kappa shape index (κ3) is 5.80. The van der Waals surface area contributed by atoms with Crippen LogP contribution in [0.2, 0.25) is 0 Å². The van der Waals surface area contributed by atoms with E-state index >= 15 is 0 Å². The zero-order valence-electron chi connectivity index (χ0n) is 19.6. The molecule has 1 heterocycles. The fraction of sp³-hybridized carbons (Fsp3) is 0.458. The van der Waals surface area contributed by atoms with Gasteiger partial charge >= 0.3 is 13.5 Å². The monoisotopic (exact) mass is 461 g/mol. The van der Waals surface area contributed by atoms with Crippen molar-refractivity contribution in [3.63, 3.8) is 0 Å². The number of rotatable bonds is 7. The molecular weight excluding hydrogens is 429 g/mol. The Kier molecular flexibility index (Phi) is 7.81. The van der Waals surface area contributed by atoms with E-state index in [4.69, 9.17) is 4.52 Å². The Morgan fingerprint density at radius 1 is 1.26 bits per heavy atom. The van der Waals surface area contributed by atoms with E-state index in [9.17, 15) is 14.5 Å². The first-order valence-electron chi connectivity index (χ1n) is 10.3. The number of carboxylic acids is 1. The van der Waals surface area contributed by atoms with Crippen LogP contribution in [0.4, 0.5) is 5.69 Å². The summed E-state index contributed by atoms with van der Waals surface area (Å²) in [5.74, 6) is 5.16. The van der Waals surface area contributed by atoms with Crippen molar-refractivity contribution in [2.24, 2.45) is 5.41 Å². The number of nitrogens with zero attached hydrogens (tertiary/aromatic N) is 1. The standard InChI is InChI=1S/C24H32NO4PS/c1-9-29-30(28,21-11-10-17(4)14-18(21)5)25(16(2)3)20-15-19(12-13-24(6,7)8)31-22(20)23(26)27/h10-11,14-16H,9H2,1-8H3,(H,26,27). The van der Waals surface area contributed by atoms with E-state index in [1.54, 1.807) is 17.7 Å². The molecule has 0 saturated heterocycles. The lowest BCUT2D eigenvalue weighted by atomic mass is 9.98. The third-order valence-corrected chi connectivity index (χ3v) is 8.44. The molecule has 0 aliphatic carbocycles. The van der Waals surface area contributed by atoms with Crippen molar-refractivity contribution in [1.82, 2.24) is 0 Å². The molecule has 31 heavy (non-hydrogen) atoms. The van der Waals surface area contributed by atoms with Crippen LogP contribution in [-0.4, -0.2) is 23.7 Å². The zero-order chi connectivity index (χ0) is 23.6. The van der Waals surface area contributed by atoms with E-state index in [1.807, 2.05) is 66.7 Å². The smallest absolute Gasteiger partial charge is 0.348 e. The maximum Gasteiger partial charge on any atom is 0.348 e. The summed E-state index contributed by atoms with van der Waals surface area (Å²) in [6, 6.07) is 7.14. The van der Waals surface area contributed by atoms with Gasteiger partial charge in [0.15, 0.2) is 0 Å². The molecule has 1 N–H and O–H groups in total. The zero-order valence-corrected chi connectivity index (χ0v) is 21.3. The number of carboxylic acid groups (broad SMARTS) is 1. The van der Waals surface area contributed by atoms with Gasteiger partial charge in [0.25, 0.3) is 0 Å². The molecule has 0 amide bonds. The number of carbonyl (C=O) groups is 1. The number of anilines is 1. The van der Waals surface area contributed by atoms with Crippen LogP contribution in [0, 0.1) is 31.1 Å². The molecule has 0 radical (unpaired) electrons. The highest BCUT2D eigenvalue weighted by Gasteiger charge is 2.40. The number of benzene rings is 1. The van der Waals surface area contributed by atoms with Crippen molar-refractivity contribution in [2.75, 3.05) is 11.3 Å². The summed E-state index contributed by atoms with van der Waals surface area (Å²) in [4.78, 5) is 12.8. The van der Waals surface area contributed by atoms with Gasteiger partial charge in [0, 0.05) is 11.5 Å². The maximum atomic E-state index is 14.5. The van der Waals surface area contributed by atoms with Gasteiger partial charge in [0.1, 0.15) is 4.88 Å². The minimum Gasteiger partial charge on any atom is -0.477 e. The van der Waals surface area contributed by atoms with Gasteiger partial charge in [-0.2, -0.15) is 0 Å². The first-order valence-corrected chi connectivity index (χ1v) is 12.7. The van der Waals surface area contributed by atoms with Crippen molar-refractivity contribution in [1.29, 1.82) is 0 Å². The topological polar surface area (TPSA) is 66.8 Å². The van der Waals surface area contributed by atoms with Crippen LogP contribution in [0.5, 0.6) is 0 Å². The molecule has 0 bridgehead atoms. The average Bonchev–Trinajstić information content (AvgIpc) is 3.03. The quantitative estimate of drug-likeness (QED) is 0.391. The van der Waals surface area contributed by atoms with Gasteiger partial charge in [0.2, 0.25) is 0 Å². The summed E-state index contributed by atoms with van der Waals surface area (Å²) in [5, 5.41) is 10.5. The minimum absolute atomic E-state index is 0.108. The number of aromatic carboxylic acids is 1. The van der Waals surface area contributed by atoms with Crippen molar-refractivity contribution < 1.29 is 19.0 Å². The third-order valence-electron chi connectivity index (χ3n) is 4.45. The summed E-state index contributed by atoms with van der Waals surface area (Å²) < 4.78 is 22.0. The van der Waals surface area contributed by atoms with Crippen LogP contribution in [0.15, 0.2) is 24.3 Å². The van der Waals surface area contributed by atoms with E-state index in [0.717, 1.165) is 22.5 Å². The van der Waals surface area contributed by atoms with Crippen LogP contribution in [0.25, 0.3) is 0 Å². The van der Waals surface area contributed by atoms with Gasteiger partial charge in [0.05, 0.1) is 22.5 Å². The fourth-order valence-corrected chi connectivity index (χ4v) is 6.86. The Morgan fingerprint density at radius 2 is 1.90 bits per heavy atom. The molecule has 0 aliphatic rings. The Morgan fingerprint density at radius 3 is 2.39 bits per heavy atom. The van der Waals surface area contributed by atoms with E-state index in [0.29, 0.717) is 15.9 Å². The Bertz CT molecular complexity index is 1070. The van der Waals surface area contributed by atoms with E-state index in [-0.39, 0.29) is 22.9 Å². The SMILES string of the molecule is CCOP(=O)(c1ccc(C)cc1C)N(c1cc(C#CC(C)(C)C)sc1C(=O)O)C(C)C. The number of hydrogen-bond acceptors (Lipinski definition) is 4. The largest absolute Gasteiger partial charge is 0.477 e. The molecule has 0 fully saturated rings. The Labute approximate surface area is 189 Å². The molecule has 168 valence electrons. The molecule has 5 nitrogen and oxygen atoms in total. The summed E-state index contributed by atoms with van der Waals surface area (Å²) >= 11 is 1.10. The van der Waals surface area contributed by atoms with Crippen molar-refractivity contribution in [3.05, 3.63) is 45.1 Å². The predicted molar refractivity (Wildman–Crippen MR) is 130 cm³/mol. The van der Waals surface area contributed by atoms with Gasteiger partial charge < -0.3 is 9.63 Å². The van der Waals surface area contributed by atoms with Gasteiger partial charge in [-0.25, -0.2) is 4.79 Å². The number of thiophene rings is 1. The second-order valence-corrected chi connectivity index (χ2v) is 12.1. The highest BCUT2D eigenvalue weighted by atomic mass is 32.1. The van der Waals surface area contributed by atoms with Crippen LogP contribution in [-0.2, 0) is 9.09 Å². The summed E-state index contributed by atoms with van der Waals surface area (Å²) in [6.45, 7) is 15.7. The van der Waals surface area contributed by atoms with Crippen LogP contribution >= 0.6 is 18.9 Å². The molecule has 1 aromatic heterocycles. The lowest BCUT2D eigenvalue weighted by molar-refractivity contribution is 0.0703. The van der Waals surface area contributed by atoms with Crippen molar-refractivity contribution in [2.45, 2.75) is 61.4 Å². The molecular formula is C24H32NO4PS. The highest BCUT2D eigenvalue weighted by molar-refractivity contribution is 7.68. The Balaban J connectivity index is 2.77. The minimum atomic E-state index is -3.59. The fourth-order valence-electron chi connectivity index (χ4n) is 3.28. The van der Waals surface area contributed by atoms with E-state index in [2.05, 4.69) is 11.8 Å². The van der Waals surface area contributed by atoms with Crippen molar-refractivity contribution >= 4 is 35.8 Å². The lowest BCUT2D eigenvalue weighted by Gasteiger charge is -2.36. The molecule has 1 aromatic carbocycles. The second kappa shape index (κ2) is 9.61. The first kappa shape index (κ1) is 25.2.